The highest BCUT2D eigenvalue weighted by molar-refractivity contribution is 5.94. The van der Waals surface area contributed by atoms with Crippen LogP contribution in [0.5, 0.6) is 5.75 Å². The quantitative estimate of drug-likeness (QED) is 0.754. The molecular weight excluding hydrogens is 236 g/mol. The molecule has 96 valence electrons. The molecule has 0 unspecified atom stereocenters. The highest BCUT2D eigenvalue weighted by atomic mass is 16.5. The van der Waals surface area contributed by atoms with Crippen LogP contribution < -0.4 is 15.4 Å². The van der Waals surface area contributed by atoms with Crippen LogP contribution in [0.2, 0.25) is 0 Å². The molecule has 0 spiro atoms. The van der Waals surface area contributed by atoms with Gasteiger partial charge < -0.3 is 10.1 Å². The normalized spacial score (nSPS) is 9.39. The number of nitrogens with one attached hydrogen (secondary N) is 2. The molecular formula is C12H14N2O4. The van der Waals surface area contributed by atoms with Crippen molar-refractivity contribution < 1.29 is 19.1 Å². The molecule has 0 atom stereocenters. The second kappa shape index (κ2) is 7.05. The lowest BCUT2D eigenvalue weighted by atomic mass is 10.2. The number of carbonyl (C=O) groups excluding carboxylic acids is 3. The predicted molar refractivity (Wildman–Crippen MR) is 64.5 cm³/mol. The Morgan fingerprint density at radius 1 is 1.28 bits per heavy atom. The first kappa shape index (κ1) is 13.7. The van der Waals surface area contributed by atoms with Crippen molar-refractivity contribution in [2.45, 2.75) is 6.92 Å². The molecule has 0 aromatic heterocycles. The van der Waals surface area contributed by atoms with Crippen LogP contribution in [0.4, 0.5) is 4.79 Å². The van der Waals surface area contributed by atoms with E-state index in [-0.39, 0.29) is 6.61 Å². The Kier molecular flexibility index (Phi) is 5.37. The fourth-order valence-electron chi connectivity index (χ4n) is 1.16. The first-order valence-electron chi connectivity index (χ1n) is 5.41. The second-order valence-corrected chi connectivity index (χ2v) is 3.38. The molecule has 1 aromatic rings. The fourth-order valence-corrected chi connectivity index (χ4v) is 1.16. The molecule has 0 fully saturated rings. The Balaban J connectivity index is 2.37. The van der Waals surface area contributed by atoms with Gasteiger partial charge in [0.1, 0.15) is 12.0 Å². The molecule has 18 heavy (non-hydrogen) atoms. The van der Waals surface area contributed by atoms with Crippen LogP contribution in [0.25, 0.3) is 0 Å². The minimum atomic E-state index is -0.553. The molecule has 0 radical (unpaired) electrons. The van der Waals surface area contributed by atoms with Crippen molar-refractivity contribution >= 4 is 18.2 Å². The number of rotatable bonds is 5. The van der Waals surface area contributed by atoms with Gasteiger partial charge in [0.25, 0.3) is 5.91 Å². The number of amides is 3. The van der Waals surface area contributed by atoms with Crippen LogP contribution in [0.1, 0.15) is 17.3 Å². The molecule has 2 N–H and O–H groups in total. The summed E-state index contributed by atoms with van der Waals surface area (Å²) < 4.78 is 5.14. The summed E-state index contributed by atoms with van der Waals surface area (Å²) in [6, 6.07) is 5.74. The molecule has 6 nitrogen and oxygen atoms in total. The van der Waals surface area contributed by atoms with Crippen LogP contribution in [0.15, 0.2) is 24.3 Å². The van der Waals surface area contributed by atoms with E-state index in [1.54, 1.807) is 31.2 Å². The molecule has 0 aliphatic heterocycles. The zero-order valence-corrected chi connectivity index (χ0v) is 9.93. The lowest BCUT2D eigenvalue weighted by Crippen LogP contribution is -2.41. The van der Waals surface area contributed by atoms with Gasteiger partial charge in [-0.3, -0.25) is 14.9 Å². The third-order valence-corrected chi connectivity index (χ3v) is 1.98. The molecule has 0 saturated carbocycles. The number of imide groups is 1. The zero-order valence-electron chi connectivity index (χ0n) is 9.93. The standard InChI is InChI=1S/C12H14N2O4/c1-2-13-12(17)14-11(16)8-18-10-5-3-9(7-15)4-6-10/h3-7H,2,8H2,1H3,(H2,13,14,16,17). The first-order valence-corrected chi connectivity index (χ1v) is 5.41. The van der Waals surface area contributed by atoms with Gasteiger partial charge in [0.15, 0.2) is 6.61 Å². The average Bonchev–Trinajstić information content (AvgIpc) is 2.37. The number of ether oxygens (including phenoxy) is 1. The maximum atomic E-state index is 11.3. The SMILES string of the molecule is CCNC(=O)NC(=O)COc1ccc(C=O)cc1. The summed E-state index contributed by atoms with van der Waals surface area (Å²) in [6.07, 6.45) is 0.714. The second-order valence-electron chi connectivity index (χ2n) is 3.38. The third kappa shape index (κ3) is 4.65. The third-order valence-electron chi connectivity index (χ3n) is 1.98. The molecule has 0 bridgehead atoms. The van der Waals surface area contributed by atoms with E-state index in [4.69, 9.17) is 4.74 Å². The molecule has 0 aliphatic carbocycles. The molecule has 0 heterocycles. The molecule has 0 aliphatic rings. The molecule has 1 aromatic carbocycles. The average molecular weight is 250 g/mol. The van der Waals surface area contributed by atoms with Crippen LogP contribution in [0.3, 0.4) is 0 Å². The number of urea groups is 1. The van der Waals surface area contributed by atoms with E-state index < -0.39 is 11.9 Å². The van der Waals surface area contributed by atoms with E-state index in [1.807, 2.05) is 0 Å². The Hall–Kier alpha value is -2.37. The highest BCUT2D eigenvalue weighted by Gasteiger charge is 2.07. The number of hydrogen-bond acceptors (Lipinski definition) is 4. The Bertz CT molecular complexity index is 428. The van der Waals surface area contributed by atoms with Crippen molar-refractivity contribution in [3.8, 4) is 5.75 Å². The van der Waals surface area contributed by atoms with E-state index >= 15 is 0 Å². The van der Waals surface area contributed by atoms with Gasteiger partial charge in [-0.2, -0.15) is 0 Å². The Morgan fingerprint density at radius 3 is 2.50 bits per heavy atom. The lowest BCUT2D eigenvalue weighted by Gasteiger charge is -2.07. The van der Waals surface area contributed by atoms with Crippen LogP contribution in [-0.2, 0) is 4.79 Å². The maximum Gasteiger partial charge on any atom is 0.321 e. The van der Waals surface area contributed by atoms with E-state index in [2.05, 4.69) is 10.6 Å². The zero-order chi connectivity index (χ0) is 13.4. The number of hydrogen-bond donors (Lipinski definition) is 2. The topological polar surface area (TPSA) is 84.5 Å². The van der Waals surface area contributed by atoms with Crippen LogP contribution in [0, 0.1) is 0 Å². The summed E-state index contributed by atoms with van der Waals surface area (Å²) in [5.74, 6) is -0.0907. The smallest absolute Gasteiger partial charge is 0.321 e. The van der Waals surface area contributed by atoms with Crippen molar-refractivity contribution in [1.82, 2.24) is 10.6 Å². The van der Waals surface area contributed by atoms with Crippen LogP contribution in [-0.4, -0.2) is 31.4 Å². The molecule has 1 rings (SSSR count). The minimum absolute atomic E-state index is 0.266. The summed E-state index contributed by atoms with van der Waals surface area (Å²) in [5, 5.41) is 4.53. The van der Waals surface area contributed by atoms with Gasteiger partial charge in [-0.15, -0.1) is 0 Å². The summed E-state index contributed by atoms with van der Waals surface area (Å²) >= 11 is 0. The summed E-state index contributed by atoms with van der Waals surface area (Å²) in [7, 11) is 0. The van der Waals surface area contributed by atoms with Crippen molar-refractivity contribution in [2.24, 2.45) is 0 Å². The Morgan fingerprint density at radius 2 is 1.94 bits per heavy atom. The van der Waals surface area contributed by atoms with Gasteiger partial charge in [-0.25, -0.2) is 4.79 Å². The summed E-state index contributed by atoms with van der Waals surface area (Å²) in [5.41, 5.74) is 0.522. The summed E-state index contributed by atoms with van der Waals surface area (Å²) in [6.45, 7) is 1.92. The number of benzene rings is 1. The van der Waals surface area contributed by atoms with E-state index in [0.717, 1.165) is 0 Å². The monoisotopic (exact) mass is 250 g/mol. The van der Waals surface area contributed by atoms with Crippen molar-refractivity contribution in [2.75, 3.05) is 13.2 Å². The fraction of sp³-hybridized carbons (Fsp3) is 0.250. The number of carbonyl (C=O) groups is 3. The lowest BCUT2D eigenvalue weighted by molar-refractivity contribution is -0.122. The first-order chi connectivity index (χ1) is 8.65. The molecule has 0 saturated heterocycles. The molecule has 3 amide bonds. The summed E-state index contributed by atoms with van der Waals surface area (Å²) in [4.78, 5) is 32.7. The van der Waals surface area contributed by atoms with Crippen LogP contribution >= 0.6 is 0 Å². The predicted octanol–water partition coefficient (Wildman–Crippen LogP) is 0.724. The van der Waals surface area contributed by atoms with Gasteiger partial charge >= 0.3 is 6.03 Å². The number of aldehydes is 1. The van der Waals surface area contributed by atoms with Gasteiger partial charge in [0, 0.05) is 12.1 Å². The highest BCUT2D eigenvalue weighted by Crippen LogP contribution is 2.10. The molecule has 6 heteroatoms. The van der Waals surface area contributed by atoms with Gasteiger partial charge in [0.05, 0.1) is 0 Å². The van der Waals surface area contributed by atoms with Gasteiger partial charge in [0.2, 0.25) is 0 Å². The van der Waals surface area contributed by atoms with E-state index in [9.17, 15) is 14.4 Å². The largest absolute Gasteiger partial charge is 0.484 e. The van der Waals surface area contributed by atoms with Crippen molar-refractivity contribution in [3.63, 3.8) is 0 Å². The van der Waals surface area contributed by atoms with E-state index in [0.29, 0.717) is 24.1 Å². The van der Waals surface area contributed by atoms with Crippen molar-refractivity contribution in [3.05, 3.63) is 29.8 Å². The Labute approximate surface area is 104 Å². The maximum absolute atomic E-state index is 11.3. The van der Waals surface area contributed by atoms with E-state index in [1.165, 1.54) is 0 Å². The van der Waals surface area contributed by atoms with Crippen molar-refractivity contribution in [1.29, 1.82) is 0 Å². The van der Waals surface area contributed by atoms with Gasteiger partial charge in [-0.05, 0) is 31.2 Å². The van der Waals surface area contributed by atoms with Gasteiger partial charge in [-0.1, -0.05) is 0 Å². The minimum Gasteiger partial charge on any atom is -0.484 e.